The van der Waals surface area contributed by atoms with Crippen molar-refractivity contribution in [3.05, 3.63) is 22.2 Å². The van der Waals surface area contributed by atoms with Crippen LogP contribution < -0.4 is 10.1 Å². The largest absolute Gasteiger partial charge is 0.492 e. The molecule has 0 bridgehead atoms. The average Bonchev–Trinajstić information content (AvgIpc) is 2.43. The number of fused-ring (bicyclic) bond motifs is 1. The molecule has 1 aliphatic heterocycles. The minimum absolute atomic E-state index is 0.0307. The third kappa shape index (κ3) is 3.48. The van der Waals surface area contributed by atoms with Gasteiger partial charge < -0.3 is 10.1 Å². The molecule has 1 heterocycles. The van der Waals surface area contributed by atoms with Crippen molar-refractivity contribution < 1.29 is 17.8 Å². The van der Waals surface area contributed by atoms with Crippen LogP contribution in [0.3, 0.4) is 0 Å². The molecule has 0 aliphatic carbocycles. The van der Waals surface area contributed by atoms with Crippen LogP contribution in [0.25, 0.3) is 0 Å². The fourth-order valence-electron chi connectivity index (χ4n) is 1.47. The highest BCUT2D eigenvalue weighted by atomic mass is 79.9. The molecule has 0 saturated carbocycles. The maximum atomic E-state index is 11.8. The predicted octanol–water partition coefficient (Wildman–Crippen LogP) is 3.89. The van der Waals surface area contributed by atoms with Gasteiger partial charge >= 0.3 is 0 Å². The minimum atomic E-state index is -2.68. The van der Waals surface area contributed by atoms with Crippen molar-refractivity contribution >= 4 is 43.5 Å². The first-order valence-corrected chi connectivity index (χ1v) is 6.92. The number of anilines is 1. The van der Waals surface area contributed by atoms with E-state index in [9.17, 15) is 4.79 Å². The van der Waals surface area contributed by atoms with E-state index < -0.39 is 23.9 Å². The van der Waals surface area contributed by atoms with Gasteiger partial charge in [0.15, 0.2) is 0 Å². The molecule has 98 valence electrons. The number of ether oxygens (including phenoxy) is 1. The molecule has 0 saturated heterocycles. The zero-order chi connectivity index (χ0) is 18.3. The first-order valence-electron chi connectivity index (χ1n) is 8.33. The van der Waals surface area contributed by atoms with Crippen LogP contribution in [0.15, 0.2) is 16.6 Å². The lowest BCUT2D eigenvalue weighted by atomic mass is 10.0. The SMILES string of the molecule is [2H]C([2H])(Br)CCCOc1cc2c(cc1Br)C([2H])([2H])C([2H])([2H])C(=O)N2. The first kappa shape index (κ1) is 7.90. The summed E-state index contributed by atoms with van der Waals surface area (Å²) < 4.78 is 52.0. The van der Waals surface area contributed by atoms with Crippen LogP contribution in [0.2, 0.25) is 0 Å². The van der Waals surface area contributed by atoms with Crippen molar-refractivity contribution in [3.63, 3.8) is 0 Å². The lowest BCUT2D eigenvalue weighted by Crippen LogP contribution is -2.19. The molecular formula is C13H15Br2NO2. The van der Waals surface area contributed by atoms with Gasteiger partial charge in [0.25, 0.3) is 0 Å². The Morgan fingerprint density at radius 1 is 1.44 bits per heavy atom. The summed E-state index contributed by atoms with van der Waals surface area (Å²) in [6.45, 7) is 0.240. The zero-order valence-electron chi connectivity index (χ0n) is 15.3. The van der Waals surface area contributed by atoms with E-state index in [4.69, 9.17) is 13.0 Å². The Labute approximate surface area is 132 Å². The monoisotopic (exact) mass is 381 g/mol. The standard InChI is InChI=1S/C13H15Br2NO2/c14-5-1-2-6-18-12-8-11-9(7-10(12)15)3-4-13(17)16-11/h7-8H,1-6H2,(H,16,17)/i3D2,4D2,5D2. The van der Waals surface area contributed by atoms with Crippen LogP contribution in [0.1, 0.15) is 33.0 Å². The van der Waals surface area contributed by atoms with E-state index in [1.54, 1.807) is 0 Å². The molecule has 0 radical (unpaired) electrons. The number of alkyl halides is 1. The highest BCUT2D eigenvalue weighted by Crippen LogP contribution is 2.34. The highest BCUT2D eigenvalue weighted by molar-refractivity contribution is 9.10. The van der Waals surface area contributed by atoms with Crippen LogP contribution in [-0.4, -0.2) is 17.8 Å². The topological polar surface area (TPSA) is 38.3 Å². The average molecular weight is 383 g/mol. The Balaban J connectivity index is 2.22. The van der Waals surface area contributed by atoms with Gasteiger partial charge in [-0.15, -0.1) is 0 Å². The summed E-state index contributed by atoms with van der Waals surface area (Å²) in [7, 11) is 0. The molecule has 1 amide bonds. The number of benzene rings is 1. The lowest BCUT2D eigenvalue weighted by Gasteiger charge is -2.19. The molecule has 0 unspecified atom stereocenters. The molecule has 5 heteroatoms. The Morgan fingerprint density at radius 2 is 2.28 bits per heavy atom. The number of hydrogen-bond donors (Lipinski definition) is 1. The molecule has 18 heavy (non-hydrogen) atoms. The van der Waals surface area contributed by atoms with Gasteiger partial charge in [0, 0.05) is 31.6 Å². The molecule has 2 rings (SSSR count). The summed E-state index contributed by atoms with van der Waals surface area (Å²) in [5.41, 5.74) is 0.192. The molecule has 0 fully saturated rings. The van der Waals surface area contributed by atoms with Crippen molar-refractivity contribution in [2.45, 2.75) is 25.6 Å². The van der Waals surface area contributed by atoms with Gasteiger partial charge in [-0.3, -0.25) is 4.79 Å². The molecular weight excluding hydrogens is 362 g/mol. The molecule has 1 aromatic rings. The van der Waals surface area contributed by atoms with Crippen molar-refractivity contribution in [1.82, 2.24) is 0 Å². The van der Waals surface area contributed by atoms with Crippen molar-refractivity contribution in [2.75, 3.05) is 17.2 Å². The van der Waals surface area contributed by atoms with Crippen LogP contribution in [0.4, 0.5) is 5.69 Å². The number of amides is 1. The lowest BCUT2D eigenvalue weighted by molar-refractivity contribution is -0.116. The van der Waals surface area contributed by atoms with Crippen molar-refractivity contribution in [2.24, 2.45) is 0 Å². The number of halogens is 2. The number of nitrogens with one attached hydrogen (secondary N) is 1. The van der Waals surface area contributed by atoms with E-state index in [2.05, 4.69) is 37.2 Å². The van der Waals surface area contributed by atoms with Gasteiger partial charge in [0.2, 0.25) is 5.91 Å². The zero-order valence-corrected chi connectivity index (χ0v) is 12.5. The summed E-state index contributed by atoms with van der Waals surface area (Å²) in [4.78, 5) is 11.8. The van der Waals surface area contributed by atoms with Gasteiger partial charge in [-0.25, -0.2) is 0 Å². The second kappa shape index (κ2) is 6.57. The number of aryl methyl sites for hydroxylation is 1. The van der Waals surface area contributed by atoms with Gasteiger partial charge in [-0.1, -0.05) is 15.9 Å². The quantitative estimate of drug-likeness (QED) is 0.619. The Morgan fingerprint density at radius 3 is 3.06 bits per heavy atom. The van der Waals surface area contributed by atoms with Gasteiger partial charge in [0.1, 0.15) is 5.75 Å². The van der Waals surface area contributed by atoms with Crippen LogP contribution in [0, 0.1) is 0 Å². The first-order chi connectivity index (χ1) is 10.9. The van der Waals surface area contributed by atoms with Gasteiger partial charge in [-0.05, 0) is 46.8 Å². The van der Waals surface area contributed by atoms with E-state index >= 15 is 0 Å². The highest BCUT2D eigenvalue weighted by Gasteiger charge is 2.17. The fourth-order valence-corrected chi connectivity index (χ4v) is 2.21. The third-order valence-corrected chi connectivity index (χ3v) is 3.32. The van der Waals surface area contributed by atoms with Gasteiger partial charge in [-0.2, -0.15) is 0 Å². The number of rotatable bonds is 5. The Kier molecular flexibility index (Phi) is 2.88. The van der Waals surface area contributed by atoms with E-state index in [-0.39, 0.29) is 24.3 Å². The van der Waals surface area contributed by atoms with Crippen LogP contribution in [-0.2, 0) is 11.2 Å². The van der Waals surface area contributed by atoms with E-state index in [1.165, 1.54) is 12.1 Å². The normalized spacial score (nSPS) is 25.3. The summed E-state index contributed by atoms with van der Waals surface area (Å²) in [5, 5.41) is 0.907. The second-order valence-electron chi connectivity index (χ2n) is 3.62. The van der Waals surface area contributed by atoms with Crippen molar-refractivity contribution in [1.29, 1.82) is 0 Å². The molecule has 0 atom stereocenters. The summed E-state index contributed by atoms with van der Waals surface area (Å²) in [6.07, 6.45) is -4.44. The summed E-state index contributed by atoms with van der Waals surface area (Å²) in [6, 6.07) is 2.83. The Bertz CT molecular complexity index is 663. The fraction of sp³-hybridized carbons (Fsp3) is 0.462. The third-order valence-electron chi connectivity index (χ3n) is 2.30. The number of carbonyl (C=O) groups is 1. The summed E-state index contributed by atoms with van der Waals surface area (Å²) in [5.74, 6) is -0.678. The molecule has 1 N–H and O–H groups in total. The molecule has 1 aliphatic rings. The molecule has 0 spiro atoms. The molecule has 1 aromatic carbocycles. The maximum absolute atomic E-state index is 11.8. The molecule has 3 nitrogen and oxygen atoms in total. The number of hydrogen-bond acceptors (Lipinski definition) is 2. The van der Waals surface area contributed by atoms with Crippen LogP contribution in [0.5, 0.6) is 5.75 Å². The smallest absolute Gasteiger partial charge is 0.224 e. The van der Waals surface area contributed by atoms with E-state index in [0.717, 1.165) is 0 Å². The Hall–Kier alpha value is -0.550. The van der Waals surface area contributed by atoms with Crippen LogP contribution >= 0.6 is 31.9 Å². The summed E-state index contributed by atoms with van der Waals surface area (Å²) >= 11 is 6.16. The second-order valence-corrected chi connectivity index (χ2v) is 5.03. The predicted molar refractivity (Wildman–Crippen MR) is 79.6 cm³/mol. The number of carbonyl (C=O) groups excluding carboxylic acids is 1. The van der Waals surface area contributed by atoms with E-state index in [1.807, 2.05) is 0 Å². The van der Waals surface area contributed by atoms with Gasteiger partial charge in [0.05, 0.1) is 11.1 Å². The maximum Gasteiger partial charge on any atom is 0.224 e. The van der Waals surface area contributed by atoms with Crippen molar-refractivity contribution in [3.8, 4) is 5.75 Å². The van der Waals surface area contributed by atoms with E-state index in [0.29, 0.717) is 16.6 Å². The molecule has 0 aromatic heterocycles. The minimum Gasteiger partial charge on any atom is -0.492 e.